The summed E-state index contributed by atoms with van der Waals surface area (Å²) in [6.45, 7) is 0. The third kappa shape index (κ3) is 3.17. The van der Waals surface area contributed by atoms with E-state index in [0.717, 1.165) is 15.8 Å². The summed E-state index contributed by atoms with van der Waals surface area (Å²) in [5, 5.41) is 16.9. The van der Waals surface area contributed by atoms with Crippen LogP contribution in [0.3, 0.4) is 0 Å². The number of halogens is 1. The fraction of sp³-hybridized carbons (Fsp3) is 0. The van der Waals surface area contributed by atoms with Crippen LogP contribution in [-0.4, -0.2) is 30.9 Å². The predicted octanol–water partition coefficient (Wildman–Crippen LogP) is 4.26. The van der Waals surface area contributed by atoms with Gasteiger partial charge >= 0.3 is 0 Å². The van der Waals surface area contributed by atoms with Gasteiger partial charge in [0.15, 0.2) is 5.82 Å². The first-order valence-corrected chi connectivity index (χ1v) is 9.57. The number of anilines is 1. The lowest BCUT2D eigenvalue weighted by molar-refractivity contribution is 0.101. The summed E-state index contributed by atoms with van der Waals surface area (Å²) in [4.78, 5) is 18.1. The molecule has 0 atom stereocenters. The first-order valence-electron chi connectivity index (χ1n) is 8.69. The molecule has 3 heterocycles. The van der Waals surface area contributed by atoms with Crippen LogP contribution in [0.4, 0.5) is 10.1 Å². The Balaban J connectivity index is 1.55. The molecular formula is C20H13FN6OS. The van der Waals surface area contributed by atoms with E-state index in [2.05, 4.69) is 25.6 Å². The summed E-state index contributed by atoms with van der Waals surface area (Å²) in [5.74, 6) is -0.284. The van der Waals surface area contributed by atoms with Gasteiger partial charge in [-0.25, -0.2) is 14.1 Å². The van der Waals surface area contributed by atoms with E-state index in [4.69, 9.17) is 0 Å². The smallest absolute Gasteiger partial charge is 0.295 e. The zero-order chi connectivity index (χ0) is 19.8. The molecule has 5 rings (SSSR count). The fourth-order valence-corrected chi connectivity index (χ4v) is 3.69. The zero-order valence-corrected chi connectivity index (χ0v) is 15.7. The molecule has 0 radical (unpaired) electrons. The monoisotopic (exact) mass is 404 g/mol. The van der Waals surface area contributed by atoms with E-state index in [0.29, 0.717) is 17.2 Å². The van der Waals surface area contributed by atoms with Gasteiger partial charge in [0, 0.05) is 5.39 Å². The average Bonchev–Trinajstić information content (AvgIpc) is 3.48. The van der Waals surface area contributed by atoms with E-state index < -0.39 is 5.91 Å². The van der Waals surface area contributed by atoms with Gasteiger partial charge in [-0.3, -0.25) is 9.89 Å². The zero-order valence-electron chi connectivity index (χ0n) is 14.8. The number of benzene rings is 2. The number of rotatable bonds is 4. The van der Waals surface area contributed by atoms with Crippen molar-refractivity contribution in [2.45, 2.75) is 0 Å². The number of hydrogen-bond donors (Lipinski definition) is 2. The van der Waals surface area contributed by atoms with Crippen LogP contribution in [-0.2, 0) is 0 Å². The number of nitrogens with one attached hydrogen (secondary N) is 2. The van der Waals surface area contributed by atoms with E-state index in [-0.39, 0.29) is 11.6 Å². The molecule has 0 bridgehead atoms. The second-order valence-corrected chi connectivity index (χ2v) is 7.17. The van der Waals surface area contributed by atoms with Crippen molar-refractivity contribution in [2.24, 2.45) is 0 Å². The third-order valence-electron chi connectivity index (χ3n) is 4.35. The highest BCUT2D eigenvalue weighted by molar-refractivity contribution is 7.13. The predicted molar refractivity (Wildman–Crippen MR) is 109 cm³/mol. The number of para-hydroxylation sites is 1. The van der Waals surface area contributed by atoms with E-state index in [1.807, 2.05) is 29.6 Å². The molecule has 0 spiro atoms. The lowest BCUT2D eigenvalue weighted by Gasteiger charge is -2.04. The van der Waals surface area contributed by atoms with Gasteiger partial charge in [0.25, 0.3) is 5.91 Å². The molecule has 1 amide bonds. The van der Waals surface area contributed by atoms with E-state index in [1.54, 1.807) is 24.4 Å². The molecule has 0 aliphatic carbocycles. The molecule has 0 saturated heterocycles. The Morgan fingerprint density at radius 1 is 1.10 bits per heavy atom. The van der Waals surface area contributed by atoms with Gasteiger partial charge < -0.3 is 5.32 Å². The van der Waals surface area contributed by atoms with E-state index in [9.17, 15) is 9.18 Å². The van der Waals surface area contributed by atoms with Crippen molar-refractivity contribution >= 4 is 33.8 Å². The van der Waals surface area contributed by atoms with Crippen molar-refractivity contribution in [1.29, 1.82) is 0 Å². The van der Waals surface area contributed by atoms with Gasteiger partial charge in [-0.15, -0.1) is 16.4 Å². The van der Waals surface area contributed by atoms with Crippen LogP contribution < -0.4 is 5.32 Å². The van der Waals surface area contributed by atoms with Crippen LogP contribution in [0.15, 0.2) is 66.2 Å². The number of aromatic nitrogens is 5. The molecule has 0 aliphatic heterocycles. The maximum Gasteiger partial charge on any atom is 0.295 e. The Morgan fingerprint density at radius 3 is 2.76 bits per heavy atom. The topological polar surface area (TPSA) is 88.5 Å². The molecule has 29 heavy (non-hydrogen) atoms. The number of H-pyrrole nitrogens is 1. The van der Waals surface area contributed by atoms with E-state index in [1.165, 1.54) is 28.2 Å². The normalized spacial score (nSPS) is 11.1. The number of nitrogens with zero attached hydrogens (tertiary/aromatic N) is 4. The van der Waals surface area contributed by atoms with Gasteiger partial charge in [-0.1, -0.05) is 18.2 Å². The van der Waals surface area contributed by atoms with Crippen molar-refractivity contribution in [3.05, 3.63) is 77.8 Å². The largest absolute Gasteiger partial charge is 0.317 e. The van der Waals surface area contributed by atoms with Gasteiger partial charge in [0.1, 0.15) is 5.82 Å². The molecule has 2 aromatic carbocycles. The van der Waals surface area contributed by atoms with Crippen molar-refractivity contribution < 1.29 is 9.18 Å². The molecule has 2 N–H and O–H groups in total. The second kappa shape index (κ2) is 6.95. The summed E-state index contributed by atoms with van der Waals surface area (Å²) in [6.07, 6.45) is 1.68. The maximum atomic E-state index is 13.3. The highest BCUT2D eigenvalue weighted by Gasteiger charge is 2.20. The lowest BCUT2D eigenvalue weighted by atomic mass is 10.2. The summed E-state index contributed by atoms with van der Waals surface area (Å²) >= 11 is 1.48. The Morgan fingerprint density at radius 2 is 1.97 bits per heavy atom. The SMILES string of the molecule is O=C(Nc1cccc2cn[nH]c12)c1nc(-c2cccs2)n(-c2ccc(F)cc2)n1. The number of fused-ring (bicyclic) bond motifs is 1. The minimum atomic E-state index is -0.453. The maximum absolute atomic E-state index is 13.3. The lowest BCUT2D eigenvalue weighted by Crippen LogP contribution is -2.14. The van der Waals surface area contributed by atoms with Gasteiger partial charge in [0.2, 0.25) is 5.82 Å². The Kier molecular flexibility index (Phi) is 4.14. The first kappa shape index (κ1) is 17.3. The molecule has 0 unspecified atom stereocenters. The van der Waals surface area contributed by atoms with Crippen LogP contribution in [0, 0.1) is 5.82 Å². The first-order chi connectivity index (χ1) is 14.2. The van der Waals surface area contributed by atoms with Crippen molar-refractivity contribution in [3.8, 4) is 16.4 Å². The van der Waals surface area contributed by atoms with Gasteiger partial charge in [-0.05, 0) is 41.8 Å². The Bertz CT molecular complexity index is 1310. The highest BCUT2D eigenvalue weighted by Crippen LogP contribution is 2.26. The summed E-state index contributed by atoms with van der Waals surface area (Å²) < 4.78 is 14.9. The molecule has 142 valence electrons. The van der Waals surface area contributed by atoms with Crippen LogP contribution in [0.5, 0.6) is 0 Å². The Hall–Kier alpha value is -3.85. The molecule has 0 fully saturated rings. The van der Waals surface area contributed by atoms with Crippen molar-refractivity contribution in [1.82, 2.24) is 25.0 Å². The molecule has 3 aromatic heterocycles. The molecule has 7 nitrogen and oxygen atoms in total. The quantitative estimate of drug-likeness (QED) is 0.468. The number of aromatic amines is 1. The third-order valence-corrected chi connectivity index (χ3v) is 5.21. The minimum absolute atomic E-state index is 0.00856. The summed E-state index contributed by atoms with van der Waals surface area (Å²) in [6, 6.07) is 15.1. The number of amides is 1. The fourth-order valence-electron chi connectivity index (χ4n) is 2.99. The standard InChI is InChI=1S/C20H13FN6OS/c21-13-6-8-14(9-7-13)27-19(16-5-2-10-29-16)24-18(26-27)20(28)23-15-4-1-3-12-11-22-25-17(12)15/h1-11H,(H,22,25)(H,23,28). The van der Waals surface area contributed by atoms with Crippen LogP contribution in [0.1, 0.15) is 10.6 Å². The summed E-state index contributed by atoms with van der Waals surface area (Å²) in [5.41, 5.74) is 1.91. The molecular weight excluding hydrogens is 391 g/mol. The number of carbonyl (C=O) groups is 1. The minimum Gasteiger partial charge on any atom is -0.317 e. The number of thiophene rings is 1. The van der Waals surface area contributed by atoms with Crippen LogP contribution in [0.2, 0.25) is 0 Å². The number of hydrogen-bond acceptors (Lipinski definition) is 5. The van der Waals surface area contributed by atoms with Crippen molar-refractivity contribution in [3.63, 3.8) is 0 Å². The number of carbonyl (C=O) groups excluding carboxylic acids is 1. The van der Waals surface area contributed by atoms with Gasteiger partial charge in [0.05, 0.1) is 28.0 Å². The van der Waals surface area contributed by atoms with Gasteiger partial charge in [-0.2, -0.15) is 5.10 Å². The summed E-state index contributed by atoms with van der Waals surface area (Å²) in [7, 11) is 0. The molecule has 5 aromatic rings. The van der Waals surface area contributed by atoms with Crippen molar-refractivity contribution in [2.75, 3.05) is 5.32 Å². The molecule has 9 heteroatoms. The van der Waals surface area contributed by atoms with E-state index >= 15 is 0 Å². The van der Waals surface area contributed by atoms with Crippen LogP contribution >= 0.6 is 11.3 Å². The Labute approximate surface area is 167 Å². The van der Waals surface area contributed by atoms with Crippen LogP contribution in [0.25, 0.3) is 27.3 Å². The highest BCUT2D eigenvalue weighted by atomic mass is 32.1. The molecule has 0 saturated carbocycles. The molecule has 0 aliphatic rings. The average molecular weight is 404 g/mol. The second-order valence-electron chi connectivity index (χ2n) is 6.22.